The number of rotatable bonds is 8. The van der Waals surface area contributed by atoms with E-state index in [1.54, 1.807) is 24.8 Å². The average Bonchev–Trinajstić information content (AvgIpc) is 3.02. The molecule has 0 aliphatic rings. The Bertz CT molecular complexity index is 1050. The smallest absolute Gasteiger partial charge is 0.256 e. The van der Waals surface area contributed by atoms with Gasteiger partial charge in [0.25, 0.3) is 5.91 Å². The molecule has 0 saturated carbocycles. The number of carbonyl (C=O) groups excluding carboxylic acids is 1. The minimum Gasteiger partial charge on any atom is -0.493 e. The highest BCUT2D eigenvalue weighted by Gasteiger charge is 2.21. The van der Waals surface area contributed by atoms with E-state index in [2.05, 4.69) is 10.4 Å². The van der Waals surface area contributed by atoms with Gasteiger partial charge in [-0.3, -0.25) is 4.79 Å². The molecule has 2 aromatic carbocycles. The van der Waals surface area contributed by atoms with Gasteiger partial charge in [0, 0.05) is 11.6 Å². The van der Waals surface area contributed by atoms with Crippen molar-refractivity contribution in [3.63, 3.8) is 0 Å². The number of ether oxygens (including phenoxy) is 2. The highest BCUT2D eigenvalue weighted by molar-refractivity contribution is 6.33. The Morgan fingerprint density at radius 2 is 1.93 bits per heavy atom. The Morgan fingerprint density at radius 3 is 2.63 bits per heavy atom. The first-order valence-corrected chi connectivity index (χ1v) is 10.2. The first-order valence-electron chi connectivity index (χ1n) is 9.48. The summed E-state index contributed by atoms with van der Waals surface area (Å²) in [5, 5.41) is 8.19. The maximum atomic E-state index is 12.8. The lowest BCUT2D eigenvalue weighted by Gasteiger charge is -2.11. The zero-order valence-corrected chi connectivity index (χ0v) is 18.5. The van der Waals surface area contributed by atoms with Crippen molar-refractivity contribution in [1.82, 2.24) is 15.1 Å². The Morgan fingerprint density at radius 1 is 1.17 bits per heavy atom. The minimum atomic E-state index is -0.296. The van der Waals surface area contributed by atoms with E-state index in [0.29, 0.717) is 47.5 Å². The molecule has 0 unspecified atom stereocenters. The van der Waals surface area contributed by atoms with Gasteiger partial charge < -0.3 is 14.8 Å². The molecule has 0 aliphatic carbocycles. The van der Waals surface area contributed by atoms with E-state index in [9.17, 15) is 4.79 Å². The summed E-state index contributed by atoms with van der Waals surface area (Å²) in [6.45, 7) is 4.90. The van der Waals surface area contributed by atoms with E-state index < -0.39 is 0 Å². The van der Waals surface area contributed by atoms with Crippen LogP contribution < -0.4 is 14.8 Å². The molecule has 1 N–H and O–H groups in total. The molecular weight excluding hydrogens is 425 g/mol. The van der Waals surface area contributed by atoms with E-state index in [4.69, 9.17) is 32.7 Å². The highest BCUT2D eigenvalue weighted by atomic mass is 35.5. The maximum Gasteiger partial charge on any atom is 0.256 e. The van der Waals surface area contributed by atoms with Gasteiger partial charge in [-0.25, -0.2) is 4.68 Å². The number of amides is 1. The van der Waals surface area contributed by atoms with Crippen LogP contribution in [0.2, 0.25) is 10.2 Å². The van der Waals surface area contributed by atoms with Crippen LogP contribution in [0.25, 0.3) is 0 Å². The van der Waals surface area contributed by atoms with Gasteiger partial charge in [0.2, 0.25) is 0 Å². The van der Waals surface area contributed by atoms with Gasteiger partial charge in [0.1, 0.15) is 5.15 Å². The summed E-state index contributed by atoms with van der Waals surface area (Å²) >= 11 is 12.7. The molecule has 1 aromatic heterocycles. The van der Waals surface area contributed by atoms with Crippen LogP contribution in [0, 0.1) is 6.92 Å². The molecule has 6 nitrogen and oxygen atoms in total. The molecule has 158 valence electrons. The zero-order chi connectivity index (χ0) is 21.7. The molecule has 0 spiro atoms. The van der Waals surface area contributed by atoms with Crippen molar-refractivity contribution < 1.29 is 14.3 Å². The topological polar surface area (TPSA) is 65.4 Å². The summed E-state index contributed by atoms with van der Waals surface area (Å²) in [5.41, 5.74) is 2.65. The van der Waals surface area contributed by atoms with Crippen molar-refractivity contribution in [2.24, 2.45) is 0 Å². The Balaban J connectivity index is 1.73. The van der Waals surface area contributed by atoms with Crippen molar-refractivity contribution in [3.05, 3.63) is 75.0 Å². The predicted molar refractivity (Wildman–Crippen MR) is 118 cm³/mol. The van der Waals surface area contributed by atoms with Crippen LogP contribution in [0.4, 0.5) is 0 Å². The number of hydrogen-bond donors (Lipinski definition) is 1. The van der Waals surface area contributed by atoms with E-state index in [1.807, 2.05) is 43.3 Å². The third-order valence-electron chi connectivity index (χ3n) is 4.55. The lowest BCUT2D eigenvalue weighted by Crippen LogP contribution is -2.23. The first-order chi connectivity index (χ1) is 14.4. The fourth-order valence-electron chi connectivity index (χ4n) is 3.07. The summed E-state index contributed by atoms with van der Waals surface area (Å²) in [6.07, 6.45) is 0. The van der Waals surface area contributed by atoms with Crippen LogP contribution in [-0.4, -0.2) is 29.4 Å². The molecule has 0 atom stereocenters. The Kier molecular flexibility index (Phi) is 7.24. The summed E-state index contributed by atoms with van der Waals surface area (Å²) in [7, 11) is 1.58. The molecule has 0 aliphatic heterocycles. The van der Waals surface area contributed by atoms with Crippen LogP contribution >= 0.6 is 23.2 Å². The van der Waals surface area contributed by atoms with Crippen molar-refractivity contribution in [2.45, 2.75) is 26.9 Å². The molecule has 0 bridgehead atoms. The molecule has 8 heteroatoms. The molecule has 3 rings (SSSR count). The number of aromatic nitrogens is 2. The Hall–Kier alpha value is -2.70. The normalized spacial score (nSPS) is 10.7. The zero-order valence-electron chi connectivity index (χ0n) is 17.0. The quantitative estimate of drug-likeness (QED) is 0.533. The Labute approximate surface area is 185 Å². The largest absolute Gasteiger partial charge is 0.493 e. The molecule has 0 fully saturated rings. The number of methoxy groups -OCH3 is 1. The third-order valence-corrected chi connectivity index (χ3v) is 5.30. The SMILES string of the molecule is CCOc1ccc(CNC(=O)c2c(C)nn(Cc3ccccc3Cl)c2Cl)cc1OC. The maximum absolute atomic E-state index is 12.8. The number of nitrogens with zero attached hydrogens (tertiary/aromatic N) is 2. The summed E-state index contributed by atoms with van der Waals surface area (Å²) in [5.74, 6) is 0.982. The number of halogens is 2. The molecule has 1 amide bonds. The second kappa shape index (κ2) is 9.87. The monoisotopic (exact) mass is 447 g/mol. The number of carbonyl (C=O) groups is 1. The fraction of sp³-hybridized carbons (Fsp3) is 0.273. The van der Waals surface area contributed by atoms with Gasteiger partial charge in [-0.15, -0.1) is 0 Å². The van der Waals surface area contributed by atoms with Gasteiger partial charge in [0.05, 0.1) is 31.5 Å². The number of benzene rings is 2. The van der Waals surface area contributed by atoms with Crippen molar-refractivity contribution >= 4 is 29.1 Å². The highest BCUT2D eigenvalue weighted by Crippen LogP contribution is 2.28. The lowest BCUT2D eigenvalue weighted by atomic mass is 10.2. The second-order valence-corrected chi connectivity index (χ2v) is 7.37. The van der Waals surface area contributed by atoms with E-state index >= 15 is 0 Å². The first kappa shape index (κ1) is 22.0. The van der Waals surface area contributed by atoms with Crippen LogP contribution in [-0.2, 0) is 13.1 Å². The van der Waals surface area contributed by atoms with Crippen molar-refractivity contribution in [3.8, 4) is 11.5 Å². The van der Waals surface area contributed by atoms with Crippen molar-refractivity contribution in [2.75, 3.05) is 13.7 Å². The molecule has 30 heavy (non-hydrogen) atoms. The fourth-order valence-corrected chi connectivity index (χ4v) is 3.59. The third kappa shape index (κ3) is 4.89. The van der Waals surface area contributed by atoms with E-state index in [-0.39, 0.29) is 11.1 Å². The minimum absolute atomic E-state index is 0.272. The molecule has 0 radical (unpaired) electrons. The molecule has 1 heterocycles. The molecule has 0 saturated heterocycles. The summed E-state index contributed by atoms with van der Waals surface area (Å²) in [6, 6.07) is 13.0. The molecule has 3 aromatic rings. The van der Waals surface area contributed by atoms with Gasteiger partial charge in [-0.1, -0.05) is 47.5 Å². The van der Waals surface area contributed by atoms with Gasteiger partial charge >= 0.3 is 0 Å². The molecular formula is C22H23Cl2N3O3. The van der Waals surface area contributed by atoms with Gasteiger partial charge in [-0.2, -0.15) is 5.10 Å². The van der Waals surface area contributed by atoms with Crippen LogP contribution in [0.3, 0.4) is 0 Å². The van der Waals surface area contributed by atoms with Crippen LogP contribution in [0.1, 0.15) is 34.1 Å². The van der Waals surface area contributed by atoms with Gasteiger partial charge in [-0.05, 0) is 43.2 Å². The standard InChI is InChI=1S/C22H23Cl2N3O3/c1-4-30-18-10-9-15(11-19(18)29-3)12-25-22(28)20-14(2)26-27(21(20)24)13-16-7-5-6-8-17(16)23/h5-11H,4,12-13H2,1-3H3,(H,25,28). The van der Waals surface area contributed by atoms with Crippen molar-refractivity contribution in [1.29, 1.82) is 0 Å². The summed E-state index contributed by atoms with van der Waals surface area (Å²) in [4.78, 5) is 12.8. The predicted octanol–water partition coefficient (Wildman–Crippen LogP) is 4.88. The number of hydrogen-bond acceptors (Lipinski definition) is 4. The number of aryl methyl sites for hydroxylation is 1. The average molecular weight is 448 g/mol. The van der Waals surface area contributed by atoms with Gasteiger partial charge in [0.15, 0.2) is 11.5 Å². The second-order valence-electron chi connectivity index (χ2n) is 6.60. The van der Waals surface area contributed by atoms with Crippen LogP contribution in [0.15, 0.2) is 42.5 Å². The van der Waals surface area contributed by atoms with E-state index in [0.717, 1.165) is 11.1 Å². The van der Waals surface area contributed by atoms with Crippen LogP contribution in [0.5, 0.6) is 11.5 Å². The number of nitrogens with one attached hydrogen (secondary N) is 1. The van der Waals surface area contributed by atoms with E-state index in [1.165, 1.54) is 0 Å². The lowest BCUT2D eigenvalue weighted by molar-refractivity contribution is 0.0950. The summed E-state index contributed by atoms with van der Waals surface area (Å²) < 4.78 is 12.5.